The lowest BCUT2D eigenvalue weighted by molar-refractivity contribution is -0.117. The molecule has 2 aromatic rings. The molecule has 6 heteroatoms. The average molecular weight is 323 g/mol. The van der Waals surface area contributed by atoms with Crippen LogP contribution in [0.2, 0.25) is 0 Å². The van der Waals surface area contributed by atoms with Crippen LogP contribution in [0.25, 0.3) is 5.53 Å². The standard InChI is InChI=1S/C18H17N3O3/c19-20-12-17(22)16(11-14-7-3-1-4-8-14)21-18(23)24-13-15-9-5-2-6-10-15/h1-10,12,16H,11,13H2,(H,21,23)/t16-/m0/s1. The van der Waals surface area contributed by atoms with Gasteiger partial charge in [-0.05, 0) is 11.1 Å². The maximum absolute atomic E-state index is 12.0. The molecule has 122 valence electrons. The Morgan fingerprint density at radius 2 is 1.62 bits per heavy atom. The Morgan fingerprint density at radius 1 is 1.04 bits per heavy atom. The number of ether oxygens (including phenoxy) is 1. The van der Waals surface area contributed by atoms with E-state index in [4.69, 9.17) is 10.3 Å². The van der Waals surface area contributed by atoms with Crippen LogP contribution < -0.4 is 5.32 Å². The third kappa shape index (κ3) is 5.51. The Morgan fingerprint density at radius 3 is 2.21 bits per heavy atom. The van der Waals surface area contributed by atoms with Crippen LogP contribution in [-0.2, 0) is 22.6 Å². The predicted octanol–water partition coefficient (Wildman–Crippen LogP) is 2.39. The number of alkyl carbamates (subject to hydrolysis) is 1. The van der Waals surface area contributed by atoms with Crippen molar-refractivity contribution in [2.24, 2.45) is 0 Å². The fraction of sp³-hybridized carbons (Fsp3) is 0.167. The zero-order valence-electron chi connectivity index (χ0n) is 13.0. The normalized spacial score (nSPS) is 11.0. The largest absolute Gasteiger partial charge is 0.445 e. The Kier molecular flexibility index (Phi) is 6.44. The lowest BCUT2D eigenvalue weighted by Crippen LogP contribution is -2.43. The first-order chi connectivity index (χ1) is 11.7. The molecular formula is C18H17N3O3. The van der Waals surface area contributed by atoms with Crippen molar-refractivity contribution < 1.29 is 19.1 Å². The van der Waals surface area contributed by atoms with Gasteiger partial charge in [0.05, 0.1) is 0 Å². The molecule has 0 radical (unpaired) electrons. The highest BCUT2D eigenvalue weighted by Crippen LogP contribution is 2.05. The highest BCUT2D eigenvalue weighted by atomic mass is 16.5. The summed E-state index contributed by atoms with van der Waals surface area (Å²) in [5.74, 6) is -0.516. The minimum absolute atomic E-state index is 0.104. The highest BCUT2D eigenvalue weighted by molar-refractivity contribution is 6.28. The first kappa shape index (κ1) is 17.1. The van der Waals surface area contributed by atoms with Crippen molar-refractivity contribution in [2.45, 2.75) is 19.1 Å². The summed E-state index contributed by atoms with van der Waals surface area (Å²) in [6.45, 7) is 0.104. The molecule has 0 unspecified atom stereocenters. The second-order valence-corrected chi connectivity index (χ2v) is 5.10. The summed E-state index contributed by atoms with van der Waals surface area (Å²) in [4.78, 5) is 26.6. The minimum atomic E-state index is -0.869. The van der Waals surface area contributed by atoms with Gasteiger partial charge in [-0.1, -0.05) is 60.7 Å². The van der Waals surface area contributed by atoms with Gasteiger partial charge < -0.3 is 15.6 Å². The van der Waals surface area contributed by atoms with Crippen molar-refractivity contribution in [3.63, 3.8) is 0 Å². The molecule has 1 amide bonds. The number of nitrogens with one attached hydrogen (secondary N) is 1. The van der Waals surface area contributed by atoms with Crippen molar-refractivity contribution in [1.82, 2.24) is 5.32 Å². The molecule has 1 N–H and O–H groups in total. The molecule has 0 spiro atoms. The number of carbonyl (C=O) groups is 2. The molecule has 0 aliphatic heterocycles. The van der Waals surface area contributed by atoms with E-state index in [0.717, 1.165) is 17.3 Å². The van der Waals surface area contributed by atoms with E-state index in [2.05, 4.69) is 10.1 Å². The van der Waals surface area contributed by atoms with Crippen LogP contribution in [-0.4, -0.2) is 28.9 Å². The lowest BCUT2D eigenvalue weighted by Gasteiger charge is -2.14. The molecule has 0 aromatic heterocycles. The topological polar surface area (TPSA) is 91.8 Å². The second-order valence-electron chi connectivity index (χ2n) is 5.10. The van der Waals surface area contributed by atoms with Gasteiger partial charge in [-0.2, -0.15) is 4.79 Å². The molecule has 0 fully saturated rings. The zero-order valence-corrected chi connectivity index (χ0v) is 13.0. The van der Waals surface area contributed by atoms with Crippen molar-refractivity contribution in [1.29, 1.82) is 0 Å². The van der Waals surface area contributed by atoms with Gasteiger partial charge in [-0.25, -0.2) is 4.79 Å². The monoisotopic (exact) mass is 323 g/mol. The quantitative estimate of drug-likeness (QED) is 0.482. The number of benzene rings is 2. The zero-order chi connectivity index (χ0) is 17.2. The van der Waals surface area contributed by atoms with E-state index < -0.39 is 17.9 Å². The second kappa shape index (κ2) is 9.02. The van der Waals surface area contributed by atoms with Gasteiger partial charge >= 0.3 is 12.3 Å². The Bertz CT molecular complexity index is 726. The predicted molar refractivity (Wildman–Crippen MR) is 88.4 cm³/mol. The number of rotatable bonds is 7. The van der Waals surface area contributed by atoms with Gasteiger partial charge in [0.15, 0.2) is 0 Å². The molecular weight excluding hydrogens is 306 g/mol. The number of carbonyl (C=O) groups excluding carboxylic acids is 2. The van der Waals surface area contributed by atoms with Gasteiger partial charge in [-0.15, -0.1) is 0 Å². The molecule has 0 saturated carbocycles. The van der Waals surface area contributed by atoms with Gasteiger partial charge in [0.1, 0.15) is 12.6 Å². The van der Waals surface area contributed by atoms with Crippen LogP contribution in [0.5, 0.6) is 0 Å². The summed E-state index contributed by atoms with van der Waals surface area (Å²) < 4.78 is 5.12. The van der Waals surface area contributed by atoms with Crippen molar-refractivity contribution in [3.8, 4) is 0 Å². The molecule has 1 atom stereocenters. The van der Waals surface area contributed by atoms with Crippen LogP contribution in [0, 0.1) is 0 Å². The SMILES string of the molecule is [N-]=[N+]=CC(=O)[C@H](Cc1ccccc1)NC(=O)OCc1ccccc1. The molecule has 0 aliphatic rings. The van der Waals surface area contributed by atoms with Gasteiger partial charge in [0.25, 0.3) is 5.78 Å². The van der Waals surface area contributed by atoms with E-state index in [0.29, 0.717) is 0 Å². The highest BCUT2D eigenvalue weighted by Gasteiger charge is 2.23. The van der Waals surface area contributed by atoms with Crippen LogP contribution in [0.1, 0.15) is 11.1 Å². The Labute approximate surface area is 139 Å². The summed E-state index contributed by atoms with van der Waals surface area (Å²) in [5, 5.41) is 2.51. The average Bonchev–Trinajstić information content (AvgIpc) is 2.61. The van der Waals surface area contributed by atoms with E-state index >= 15 is 0 Å². The summed E-state index contributed by atoms with van der Waals surface area (Å²) >= 11 is 0. The molecule has 0 bridgehead atoms. The molecule has 2 aromatic carbocycles. The molecule has 2 rings (SSSR count). The summed E-state index contributed by atoms with van der Waals surface area (Å²) in [7, 11) is 0. The van der Waals surface area contributed by atoms with E-state index in [1.54, 1.807) is 0 Å². The first-order valence-corrected chi connectivity index (χ1v) is 7.41. The van der Waals surface area contributed by atoms with E-state index in [1.165, 1.54) is 0 Å². The number of hydrogen-bond donors (Lipinski definition) is 1. The minimum Gasteiger partial charge on any atom is -0.445 e. The van der Waals surface area contributed by atoms with Gasteiger partial charge in [0, 0.05) is 6.42 Å². The Hall–Kier alpha value is -3.24. The summed E-state index contributed by atoms with van der Waals surface area (Å²) in [6.07, 6.45) is 0.330. The number of nitrogens with zero attached hydrogens (tertiary/aromatic N) is 2. The third-order valence-corrected chi connectivity index (χ3v) is 3.32. The lowest BCUT2D eigenvalue weighted by atomic mass is 10.0. The molecule has 0 saturated heterocycles. The van der Waals surface area contributed by atoms with Crippen LogP contribution in [0.15, 0.2) is 60.7 Å². The van der Waals surface area contributed by atoms with Crippen LogP contribution in [0.4, 0.5) is 4.79 Å². The van der Waals surface area contributed by atoms with Crippen LogP contribution >= 0.6 is 0 Å². The van der Waals surface area contributed by atoms with Crippen molar-refractivity contribution in [2.75, 3.05) is 0 Å². The van der Waals surface area contributed by atoms with E-state index in [1.807, 2.05) is 60.7 Å². The molecule has 0 aliphatic carbocycles. The summed E-state index contributed by atoms with van der Waals surface area (Å²) in [6, 6.07) is 17.6. The molecule has 6 nitrogen and oxygen atoms in total. The van der Waals surface area contributed by atoms with E-state index in [9.17, 15) is 9.59 Å². The maximum Gasteiger partial charge on any atom is 0.408 e. The Balaban J connectivity index is 1.97. The number of hydrogen-bond acceptors (Lipinski definition) is 3. The molecule has 0 heterocycles. The maximum atomic E-state index is 12.0. The summed E-state index contributed by atoms with van der Waals surface area (Å²) in [5.41, 5.74) is 10.3. The molecule has 24 heavy (non-hydrogen) atoms. The fourth-order valence-corrected chi connectivity index (χ4v) is 2.13. The van der Waals surface area contributed by atoms with Crippen molar-refractivity contribution >= 4 is 18.1 Å². The first-order valence-electron chi connectivity index (χ1n) is 7.41. The van der Waals surface area contributed by atoms with Gasteiger partial charge in [-0.3, -0.25) is 4.79 Å². The van der Waals surface area contributed by atoms with E-state index in [-0.39, 0.29) is 13.0 Å². The number of amides is 1. The van der Waals surface area contributed by atoms with Gasteiger partial charge in [0.2, 0.25) is 0 Å². The fourth-order valence-electron chi connectivity index (χ4n) is 2.13. The van der Waals surface area contributed by atoms with Crippen molar-refractivity contribution in [3.05, 3.63) is 77.3 Å². The smallest absolute Gasteiger partial charge is 0.408 e. The third-order valence-electron chi connectivity index (χ3n) is 3.32. The van der Waals surface area contributed by atoms with Crippen LogP contribution in [0.3, 0.4) is 0 Å². The number of Topliss-reactive ketones (excluding diaryl/α,β-unsaturated/α-hetero) is 1. The number of ketones is 1.